The Morgan fingerprint density at radius 1 is 1.00 bits per heavy atom. The standard InChI is InChI=1S/C25H20BrN3OS2/c1-16-6-2-3-8-20(16)30-18-11-9-17(10-12-18)29-24(21-13-14-22(26)32-21)23(28-25(29)31)19-7-4-5-15-27-19/h2-15,23-24H,1H3,(H,28,31)/t23-,24+/m0/s1. The first-order valence-corrected chi connectivity index (χ1v) is 12.2. The fourth-order valence-electron chi connectivity index (χ4n) is 3.88. The van der Waals surface area contributed by atoms with Gasteiger partial charge in [-0.25, -0.2) is 0 Å². The van der Waals surface area contributed by atoms with Gasteiger partial charge in [-0.05, 0) is 95.2 Å². The average Bonchev–Trinajstić information content (AvgIpc) is 3.39. The topological polar surface area (TPSA) is 37.4 Å². The summed E-state index contributed by atoms with van der Waals surface area (Å²) in [6.45, 7) is 2.04. The van der Waals surface area contributed by atoms with Gasteiger partial charge in [0.15, 0.2) is 5.11 Å². The Morgan fingerprint density at radius 3 is 2.47 bits per heavy atom. The number of thiocarbonyl (C=S) groups is 1. The van der Waals surface area contributed by atoms with Crippen molar-refractivity contribution in [3.8, 4) is 11.5 Å². The number of para-hydroxylation sites is 1. The van der Waals surface area contributed by atoms with Crippen LogP contribution < -0.4 is 15.0 Å². The van der Waals surface area contributed by atoms with Gasteiger partial charge in [-0.2, -0.15) is 0 Å². The fraction of sp³-hybridized carbons (Fsp3) is 0.120. The zero-order chi connectivity index (χ0) is 22.1. The minimum Gasteiger partial charge on any atom is -0.457 e. The van der Waals surface area contributed by atoms with Crippen LogP contribution in [-0.4, -0.2) is 10.1 Å². The monoisotopic (exact) mass is 521 g/mol. The Labute approximate surface area is 205 Å². The van der Waals surface area contributed by atoms with Gasteiger partial charge in [-0.3, -0.25) is 4.98 Å². The molecule has 4 aromatic rings. The molecule has 32 heavy (non-hydrogen) atoms. The van der Waals surface area contributed by atoms with Crippen molar-refractivity contribution in [2.45, 2.75) is 19.0 Å². The lowest BCUT2D eigenvalue weighted by molar-refractivity contribution is 0.479. The Morgan fingerprint density at radius 2 is 1.78 bits per heavy atom. The number of aryl methyl sites for hydroxylation is 1. The van der Waals surface area contributed by atoms with Gasteiger partial charge < -0.3 is 15.0 Å². The number of benzene rings is 2. The summed E-state index contributed by atoms with van der Waals surface area (Å²) in [7, 11) is 0. The summed E-state index contributed by atoms with van der Waals surface area (Å²) in [6, 6.07) is 26.2. The lowest BCUT2D eigenvalue weighted by Crippen LogP contribution is -2.28. The predicted octanol–water partition coefficient (Wildman–Crippen LogP) is 7.18. The minimum atomic E-state index is -0.0443. The number of hydrogen-bond donors (Lipinski definition) is 1. The van der Waals surface area contributed by atoms with Crippen molar-refractivity contribution < 1.29 is 4.74 Å². The highest BCUT2D eigenvalue weighted by molar-refractivity contribution is 9.11. The first kappa shape index (κ1) is 21.1. The molecular formula is C25H20BrN3OS2. The maximum atomic E-state index is 6.08. The molecule has 2 atom stereocenters. The second-order valence-electron chi connectivity index (χ2n) is 7.50. The molecule has 0 saturated carbocycles. The van der Waals surface area contributed by atoms with Crippen LogP contribution >= 0.6 is 39.5 Å². The van der Waals surface area contributed by atoms with E-state index in [9.17, 15) is 0 Å². The molecular weight excluding hydrogens is 502 g/mol. The highest BCUT2D eigenvalue weighted by Crippen LogP contribution is 2.44. The molecule has 0 radical (unpaired) electrons. The van der Waals surface area contributed by atoms with Gasteiger partial charge in [-0.1, -0.05) is 24.3 Å². The Kier molecular flexibility index (Phi) is 5.95. The van der Waals surface area contributed by atoms with Crippen molar-refractivity contribution in [1.82, 2.24) is 10.3 Å². The van der Waals surface area contributed by atoms with E-state index < -0.39 is 0 Å². The van der Waals surface area contributed by atoms with Crippen LogP contribution in [0.4, 0.5) is 5.69 Å². The van der Waals surface area contributed by atoms with Crippen LogP contribution in [0.3, 0.4) is 0 Å². The number of hydrogen-bond acceptors (Lipinski definition) is 4. The lowest BCUT2D eigenvalue weighted by atomic mass is 10.0. The van der Waals surface area contributed by atoms with Gasteiger partial charge in [0.1, 0.15) is 11.5 Å². The van der Waals surface area contributed by atoms with Crippen molar-refractivity contribution in [3.63, 3.8) is 0 Å². The molecule has 2 aromatic heterocycles. The molecule has 160 valence electrons. The highest BCUT2D eigenvalue weighted by Gasteiger charge is 2.41. The molecule has 0 unspecified atom stereocenters. The molecule has 0 spiro atoms. The molecule has 7 heteroatoms. The molecule has 0 amide bonds. The van der Waals surface area contributed by atoms with Crippen LogP contribution in [0.1, 0.15) is 28.2 Å². The van der Waals surface area contributed by atoms with E-state index in [1.807, 2.05) is 67.7 Å². The van der Waals surface area contributed by atoms with Gasteiger partial charge in [0.05, 0.1) is 21.6 Å². The first-order valence-electron chi connectivity index (χ1n) is 10.2. The summed E-state index contributed by atoms with van der Waals surface area (Å²) in [5, 5.41) is 4.18. The predicted molar refractivity (Wildman–Crippen MR) is 138 cm³/mol. The molecule has 1 saturated heterocycles. The molecule has 2 aromatic carbocycles. The molecule has 1 aliphatic rings. The molecule has 3 heterocycles. The number of aromatic nitrogens is 1. The second kappa shape index (κ2) is 9.02. The maximum Gasteiger partial charge on any atom is 0.174 e. The van der Waals surface area contributed by atoms with E-state index in [4.69, 9.17) is 17.0 Å². The van der Waals surface area contributed by atoms with Gasteiger partial charge in [0.25, 0.3) is 0 Å². The number of thiophene rings is 1. The van der Waals surface area contributed by atoms with E-state index in [1.165, 1.54) is 4.88 Å². The fourth-order valence-corrected chi connectivity index (χ4v) is 5.78. The number of ether oxygens (including phenoxy) is 1. The molecule has 0 bridgehead atoms. The molecule has 5 rings (SSSR count). The van der Waals surface area contributed by atoms with Crippen LogP contribution in [-0.2, 0) is 0 Å². The zero-order valence-electron chi connectivity index (χ0n) is 17.2. The van der Waals surface area contributed by atoms with Crippen LogP contribution in [0, 0.1) is 6.92 Å². The van der Waals surface area contributed by atoms with Crippen molar-refractivity contribution in [2.24, 2.45) is 0 Å². The summed E-state index contributed by atoms with van der Waals surface area (Å²) in [4.78, 5) is 7.98. The smallest absolute Gasteiger partial charge is 0.174 e. The third-order valence-electron chi connectivity index (χ3n) is 5.42. The van der Waals surface area contributed by atoms with E-state index in [0.717, 1.165) is 32.2 Å². The summed E-state index contributed by atoms with van der Waals surface area (Å²) in [6.07, 6.45) is 1.82. The van der Waals surface area contributed by atoms with Crippen molar-refractivity contribution in [2.75, 3.05) is 4.90 Å². The number of anilines is 1. The van der Waals surface area contributed by atoms with E-state index in [2.05, 4.69) is 55.4 Å². The van der Waals surface area contributed by atoms with Crippen molar-refractivity contribution in [1.29, 1.82) is 0 Å². The van der Waals surface area contributed by atoms with E-state index in [1.54, 1.807) is 11.3 Å². The second-order valence-corrected chi connectivity index (χ2v) is 10.4. The van der Waals surface area contributed by atoms with Gasteiger partial charge in [0, 0.05) is 16.8 Å². The Balaban J connectivity index is 1.48. The third kappa shape index (κ3) is 4.16. The average molecular weight is 522 g/mol. The summed E-state index contributed by atoms with van der Waals surface area (Å²) >= 11 is 11.1. The molecule has 0 aliphatic carbocycles. The number of nitrogens with zero attached hydrogens (tertiary/aromatic N) is 2. The van der Waals surface area contributed by atoms with Crippen LogP contribution in [0.25, 0.3) is 0 Å². The number of pyridine rings is 1. The summed E-state index contributed by atoms with van der Waals surface area (Å²) in [5.74, 6) is 1.65. The molecule has 1 fully saturated rings. The zero-order valence-corrected chi connectivity index (χ0v) is 20.5. The third-order valence-corrected chi connectivity index (χ3v) is 7.43. The van der Waals surface area contributed by atoms with Crippen molar-refractivity contribution >= 4 is 50.3 Å². The van der Waals surface area contributed by atoms with Gasteiger partial charge >= 0.3 is 0 Å². The van der Waals surface area contributed by atoms with Crippen molar-refractivity contribution in [3.05, 3.63) is 105 Å². The Hall–Kier alpha value is -2.74. The molecule has 1 N–H and O–H groups in total. The SMILES string of the molecule is Cc1ccccc1Oc1ccc(N2C(=S)N[C@@H](c3ccccn3)[C@H]2c2ccc(Br)s2)cc1. The largest absolute Gasteiger partial charge is 0.457 e. The first-order chi connectivity index (χ1) is 15.6. The highest BCUT2D eigenvalue weighted by atomic mass is 79.9. The number of nitrogens with one attached hydrogen (secondary N) is 1. The molecule has 1 aliphatic heterocycles. The quantitative estimate of drug-likeness (QED) is 0.281. The van der Waals surface area contributed by atoms with E-state index in [-0.39, 0.29) is 12.1 Å². The lowest BCUT2D eigenvalue weighted by Gasteiger charge is -2.27. The van der Waals surface area contributed by atoms with E-state index in [0.29, 0.717) is 5.11 Å². The van der Waals surface area contributed by atoms with Gasteiger partial charge in [0.2, 0.25) is 0 Å². The normalized spacial score (nSPS) is 17.9. The van der Waals surface area contributed by atoms with Crippen LogP contribution in [0.5, 0.6) is 11.5 Å². The maximum absolute atomic E-state index is 6.08. The van der Waals surface area contributed by atoms with Crippen LogP contribution in [0.15, 0.2) is 88.8 Å². The Bertz CT molecular complexity index is 1240. The van der Waals surface area contributed by atoms with E-state index >= 15 is 0 Å². The number of rotatable bonds is 5. The minimum absolute atomic E-state index is 0.00293. The van der Waals surface area contributed by atoms with Crippen LogP contribution in [0.2, 0.25) is 0 Å². The molecule has 4 nitrogen and oxygen atoms in total. The number of halogens is 1. The van der Waals surface area contributed by atoms with Gasteiger partial charge in [-0.15, -0.1) is 11.3 Å². The summed E-state index contributed by atoms with van der Waals surface area (Å²) in [5.41, 5.74) is 3.07. The summed E-state index contributed by atoms with van der Waals surface area (Å²) < 4.78 is 7.17.